The normalized spacial score (nSPS) is 11.5. The summed E-state index contributed by atoms with van der Waals surface area (Å²) >= 11 is 0. The molecular formula is C21H28N2O4. The summed E-state index contributed by atoms with van der Waals surface area (Å²) in [4.78, 5) is 12.1. The van der Waals surface area contributed by atoms with E-state index in [1.165, 1.54) is 0 Å². The van der Waals surface area contributed by atoms with Gasteiger partial charge in [0.25, 0.3) is 0 Å². The highest BCUT2D eigenvalue weighted by molar-refractivity contribution is 5.93. The number of anilines is 2. The Morgan fingerprint density at radius 1 is 0.963 bits per heavy atom. The van der Waals surface area contributed by atoms with E-state index in [4.69, 9.17) is 14.2 Å². The predicted molar refractivity (Wildman–Crippen MR) is 108 cm³/mol. The van der Waals surface area contributed by atoms with E-state index in [9.17, 15) is 4.79 Å². The van der Waals surface area contributed by atoms with Crippen molar-refractivity contribution in [3.05, 3.63) is 48.5 Å². The second kappa shape index (κ2) is 11.1. The lowest BCUT2D eigenvalue weighted by Crippen LogP contribution is -2.21. The minimum absolute atomic E-state index is 0.122. The van der Waals surface area contributed by atoms with Crippen molar-refractivity contribution in [2.24, 2.45) is 0 Å². The Hall–Kier alpha value is -2.73. The molecule has 0 heterocycles. The molecule has 0 fully saturated rings. The molecule has 0 aliphatic rings. The van der Waals surface area contributed by atoms with Crippen LogP contribution in [0.1, 0.15) is 20.3 Å². The topological polar surface area (TPSA) is 68.8 Å². The van der Waals surface area contributed by atoms with Gasteiger partial charge in [0.15, 0.2) is 0 Å². The molecule has 1 atom stereocenters. The summed E-state index contributed by atoms with van der Waals surface area (Å²) in [5, 5.41) is 5.94. The zero-order valence-corrected chi connectivity index (χ0v) is 16.2. The fourth-order valence-electron chi connectivity index (χ4n) is 2.23. The van der Waals surface area contributed by atoms with Crippen LogP contribution in [0.4, 0.5) is 11.4 Å². The third-order valence-electron chi connectivity index (χ3n) is 3.91. The predicted octanol–water partition coefficient (Wildman–Crippen LogP) is 3.94. The third-order valence-corrected chi connectivity index (χ3v) is 3.91. The van der Waals surface area contributed by atoms with Crippen molar-refractivity contribution in [2.75, 3.05) is 37.5 Å². The lowest BCUT2D eigenvalue weighted by molar-refractivity contribution is -0.114. The first-order chi connectivity index (χ1) is 13.1. The molecule has 0 radical (unpaired) electrons. The fourth-order valence-corrected chi connectivity index (χ4v) is 2.23. The van der Waals surface area contributed by atoms with E-state index in [-0.39, 0.29) is 18.6 Å². The van der Waals surface area contributed by atoms with Gasteiger partial charge in [0.05, 0.1) is 19.3 Å². The third kappa shape index (κ3) is 7.58. The van der Waals surface area contributed by atoms with Gasteiger partial charge in [-0.2, -0.15) is 0 Å². The monoisotopic (exact) mass is 372 g/mol. The molecule has 0 aliphatic carbocycles. The molecule has 27 heavy (non-hydrogen) atoms. The van der Waals surface area contributed by atoms with Gasteiger partial charge in [0.1, 0.15) is 18.1 Å². The quantitative estimate of drug-likeness (QED) is 0.585. The molecule has 2 aromatic rings. The number of hydrogen-bond donors (Lipinski definition) is 2. The van der Waals surface area contributed by atoms with Crippen molar-refractivity contribution in [3.63, 3.8) is 0 Å². The number of carbonyl (C=O) groups is 1. The van der Waals surface area contributed by atoms with Gasteiger partial charge < -0.3 is 24.8 Å². The van der Waals surface area contributed by atoms with E-state index in [1.54, 1.807) is 19.2 Å². The fraction of sp³-hybridized carbons (Fsp3) is 0.381. The molecule has 1 amide bonds. The Balaban J connectivity index is 1.75. The molecule has 0 aliphatic heterocycles. The highest BCUT2D eigenvalue weighted by Gasteiger charge is 2.04. The van der Waals surface area contributed by atoms with Crippen molar-refractivity contribution >= 4 is 17.3 Å². The van der Waals surface area contributed by atoms with E-state index in [0.717, 1.165) is 29.3 Å². The Kier molecular flexibility index (Phi) is 8.45. The standard InChI is InChI=1S/C21H28N2O4/c1-4-16(2)27-20-11-5-17(6-12-20)22-15-21(24)23-18-7-9-19(10-8-18)26-14-13-25-3/h5-12,16,22H,4,13-15H2,1-3H3,(H,23,24). The van der Waals surface area contributed by atoms with Gasteiger partial charge in [-0.1, -0.05) is 6.92 Å². The van der Waals surface area contributed by atoms with Gasteiger partial charge in [0, 0.05) is 18.5 Å². The number of carbonyl (C=O) groups excluding carboxylic acids is 1. The van der Waals surface area contributed by atoms with Gasteiger partial charge in [-0.25, -0.2) is 0 Å². The number of methoxy groups -OCH3 is 1. The van der Waals surface area contributed by atoms with Crippen LogP contribution < -0.4 is 20.1 Å². The zero-order valence-electron chi connectivity index (χ0n) is 16.2. The number of amides is 1. The summed E-state index contributed by atoms with van der Waals surface area (Å²) in [5.74, 6) is 1.44. The summed E-state index contributed by atoms with van der Waals surface area (Å²) in [6.07, 6.45) is 1.15. The molecule has 2 aromatic carbocycles. The molecule has 146 valence electrons. The van der Waals surface area contributed by atoms with Crippen LogP contribution in [-0.2, 0) is 9.53 Å². The van der Waals surface area contributed by atoms with E-state index in [1.807, 2.05) is 43.3 Å². The van der Waals surface area contributed by atoms with Crippen LogP contribution >= 0.6 is 0 Å². The van der Waals surface area contributed by atoms with Gasteiger partial charge >= 0.3 is 0 Å². The molecule has 2 rings (SSSR count). The lowest BCUT2D eigenvalue weighted by atomic mass is 10.2. The van der Waals surface area contributed by atoms with Crippen LogP contribution in [0, 0.1) is 0 Å². The van der Waals surface area contributed by atoms with Crippen LogP contribution in [0.15, 0.2) is 48.5 Å². The molecule has 6 heteroatoms. The van der Waals surface area contributed by atoms with E-state index in [0.29, 0.717) is 13.2 Å². The molecule has 0 bridgehead atoms. The smallest absolute Gasteiger partial charge is 0.243 e. The summed E-state index contributed by atoms with van der Waals surface area (Å²) < 4.78 is 16.2. The minimum Gasteiger partial charge on any atom is -0.491 e. The number of benzene rings is 2. The number of ether oxygens (including phenoxy) is 3. The summed E-state index contributed by atoms with van der Waals surface area (Å²) in [6.45, 7) is 5.33. The van der Waals surface area contributed by atoms with Crippen LogP contribution in [0.2, 0.25) is 0 Å². The van der Waals surface area contributed by atoms with Gasteiger partial charge in [-0.15, -0.1) is 0 Å². The van der Waals surface area contributed by atoms with Crippen LogP contribution in [0.25, 0.3) is 0 Å². The summed E-state index contributed by atoms with van der Waals surface area (Å²) in [5.41, 5.74) is 1.58. The molecule has 0 aromatic heterocycles. The van der Waals surface area contributed by atoms with Gasteiger partial charge in [-0.3, -0.25) is 4.79 Å². The molecule has 0 saturated carbocycles. The minimum atomic E-state index is -0.122. The largest absolute Gasteiger partial charge is 0.491 e. The average Bonchev–Trinajstić information content (AvgIpc) is 2.69. The second-order valence-electron chi connectivity index (χ2n) is 6.13. The lowest BCUT2D eigenvalue weighted by Gasteiger charge is -2.13. The van der Waals surface area contributed by atoms with Crippen molar-refractivity contribution < 1.29 is 19.0 Å². The van der Waals surface area contributed by atoms with Crippen LogP contribution in [-0.4, -0.2) is 38.9 Å². The first-order valence-electron chi connectivity index (χ1n) is 9.13. The first-order valence-corrected chi connectivity index (χ1v) is 9.13. The van der Waals surface area contributed by atoms with E-state index in [2.05, 4.69) is 17.6 Å². The van der Waals surface area contributed by atoms with Crippen molar-refractivity contribution in [3.8, 4) is 11.5 Å². The van der Waals surface area contributed by atoms with Gasteiger partial charge in [-0.05, 0) is 61.9 Å². The van der Waals surface area contributed by atoms with Crippen molar-refractivity contribution in [1.82, 2.24) is 0 Å². The van der Waals surface area contributed by atoms with Crippen molar-refractivity contribution in [2.45, 2.75) is 26.4 Å². The highest BCUT2D eigenvalue weighted by atomic mass is 16.5. The number of rotatable bonds is 11. The Labute approximate surface area is 160 Å². The molecule has 0 spiro atoms. The molecule has 0 saturated heterocycles. The maximum Gasteiger partial charge on any atom is 0.243 e. The Bertz CT molecular complexity index is 686. The Morgan fingerprint density at radius 3 is 2.22 bits per heavy atom. The summed E-state index contributed by atoms with van der Waals surface area (Å²) in [6, 6.07) is 14.8. The van der Waals surface area contributed by atoms with Crippen LogP contribution in [0.3, 0.4) is 0 Å². The maximum absolute atomic E-state index is 12.1. The highest BCUT2D eigenvalue weighted by Crippen LogP contribution is 2.18. The van der Waals surface area contributed by atoms with E-state index < -0.39 is 0 Å². The number of hydrogen-bond acceptors (Lipinski definition) is 5. The zero-order chi connectivity index (χ0) is 19.5. The van der Waals surface area contributed by atoms with Crippen LogP contribution in [0.5, 0.6) is 11.5 Å². The van der Waals surface area contributed by atoms with Crippen molar-refractivity contribution in [1.29, 1.82) is 0 Å². The maximum atomic E-state index is 12.1. The summed E-state index contributed by atoms with van der Waals surface area (Å²) in [7, 11) is 1.63. The average molecular weight is 372 g/mol. The second-order valence-corrected chi connectivity index (χ2v) is 6.13. The van der Waals surface area contributed by atoms with Gasteiger partial charge in [0.2, 0.25) is 5.91 Å². The Morgan fingerprint density at radius 2 is 1.59 bits per heavy atom. The van der Waals surface area contributed by atoms with E-state index >= 15 is 0 Å². The molecule has 1 unspecified atom stereocenters. The molecular weight excluding hydrogens is 344 g/mol. The number of nitrogens with one attached hydrogen (secondary N) is 2. The first kappa shape index (κ1) is 20.6. The SMILES string of the molecule is CCC(C)Oc1ccc(NCC(=O)Nc2ccc(OCCOC)cc2)cc1. The molecule has 6 nitrogen and oxygen atoms in total. The molecule has 2 N–H and O–H groups in total.